The van der Waals surface area contributed by atoms with Crippen LogP contribution in [-0.4, -0.2) is 48.1 Å². The number of nitrogen functional groups attached to an aromatic ring is 2. The Labute approximate surface area is 194 Å². The van der Waals surface area contributed by atoms with Crippen molar-refractivity contribution in [3.05, 3.63) is 58.4 Å². The molecule has 1 saturated heterocycles. The van der Waals surface area contributed by atoms with Gasteiger partial charge in [0.1, 0.15) is 17.7 Å². The van der Waals surface area contributed by atoms with Crippen molar-refractivity contribution in [2.45, 2.75) is 13.8 Å². The molecule has 0 unspecified atom stereocenters. The summed E-state index contributed by atoms with van der Waals surface area (Å²) in [5.41, 5.74) is 26.4. The molecule has 0 radical (unpaired) electrons. The smallest absolute Gasteiger partial charge is 0.141 e. The van der Waals surface area contributed by atoms with Crippen LogP contribution in [0.1, 0.15) is 27.8 Å². The van der Waals surface area contributed by atoms with E-state index in [0.717, 1.165) is 48.4 Å². The molecule has 3 heterocycles. The Kier molecular flexibility index (Phi) is 5.99. The first-order valence-corrected chi connectivity index (χ1v) is 10.9. The minimum atomic E-state index is 0.202. The molecule has 1 aliphatic heterocycles. The summed E-state index contributed by atoms with van der Waals surface area (Å²) in [6.45, 7) is 8.43. The van der Waals surface area contributed by atoms with Gasteiger partial charge in [-0.15, -0.1) is 0 Å². The Balaban J connectivity index is 1.69. The van der Waals surface area contributed by atoms with Crippen molar-refractivity contribution in [3.8, 4) is 17.2 Å². The Hall–Kier alpha value is -3.96. The molecule has 1 fully saturated rings. The van der Waals surface area contributed by atoms with E-state index < -0.39 is 0 Å². The number of aromatic nitrogens is 2. The number of likely N-dealkylation sites (N-methyl/N-ethyl adjacent to an activating group) is 1. The summed E-state index contributed by atoms with van der Waals surface area (Å²) in [6.07, 6.45) is 5.29. The SMILES string of the molecule is Cc1cc(/C(N)=C/c2c(-c3cnc(N)c(C#N)c3)c[nH]c2N)cc(C)c1N1CCN(C)CC1. The highest BCUT2D eigenvalue weighted by molar-refractivity contribution is 5.90. The van der Waals surface area contributed by atoms with Crippen molar-refractivity contribution in [1.29, 1.82) is 5.26 Å². The molecule has 0 atom stereocenters. The van der Waals surface area contributed by atoms with Crippen LogP contribution < -0.4 is 22.1 Å². The third-order valence-corrected chi connectivity index (χ3v) is 6.25. The van der Waals surface area contributed by atoms with Crippen molar-refractivity contribution in [1.82, 2.24) is 14.9 Å². The molecule has 8 heteroatoms. The third kappa shape index (κ3) is 4.36. The van der Waals surface area contributed by atoms with E-state index in [1.54, 1.807) is 18.5 Å². The zero-order valence-corrected chi connectivity index (χ0v) is 19.3. The van der Waals surface area contributed by atoms with Gasteiger partial charge < -0.3 is 32.0 Å². The molecule has 4 rings (SSSR count). The fraction of sp³-hybridized carbons (Fsp3) is 0.280. The number of nitriles is 1. The predicted octanol–water partition coefficient (Wildman–Crippen LogP) is 2.94. The van der Waals surface area contributed by atoms with Gasteiger partial charge >= 0.3 is 0 Å². The summed E-state index contributed by atoms with van der Waals surface area (Å²) >= 11 is 0. The topological polar surface area (TPSA) is 137 Å². The molecule has 1 aliphatic rings. The van der Waals surface area contributed by atoms with E-state index in [0.29, 0.717) is 17.1 Å². The minimum absolute atomic E-state index is 0.202. The molecular weight excluding hydrogens is 412 g/mol. The Morgan fingerprint density at radius 2 is 1.79 bits per heavy atom. The number of nitrogens with one attached hydrogen (secondary N) is 1. The van der Waals surface area contributed by atoms with Crippen LogP contribution in [0, 0.1) is 25.2 Å². The molecule has 3 aromatic rings. The Morgan fingerprint density at radius 1 is 1.12 bits per heavy atom. The zero-order valence-electron chi connectivity index (χ0n) is 19.3. The maximum absolute atomic E-state index is 9.30. The summed E-state index contributed by atoms with van der Waals surface area (Å²) in [5, 5.41) is 9.30. The fourth-order valence-corrected chi connectivity index (χ4v) is 4.45. The van der Waals surface area contributed by atoms with Gasteiger partial charge in [0.2, 0.25) is 0 Å². The highest BCUT2D eigenvalue weighted by Gasteiger charge is 2.19. The van der Waals surface area contributed by atoms with Crippen molar-refractivity contribution >= 4 is 29.1 Å². The highest BCUT2D eigenvalue weighted by atomic mass is 15.2. The molecule has 0 spiro atoms. The minimum Gasteiger partial charge on any atom is -0.398 e. The monoisotopic (exact) mass is 442 g/mol. The first kappa shape index (κ1) is 22.2. The van der Waals surface area contributed by atoms with Gasteiger partial charge in [-0.1, -0.05) is 0 Å². The lowest BCUT2D eigenvalue weighted by molar-refractivity contribution is 0.312. The predicted molar refractivity (Wildman–Crippen MR) is 135 cm³/mol. The summed E-state index contributed by atoms with van der Waals surface area (Å²) < 4.78 is 0. The normalized spacial score (nSPS) is 15.0. The van der Waals surface area contributed by atoms with E-state index >= 15 is 0 Å². The van der Waals surface area contributed by atoms with Gasteiger partial charge in [0, 0.05) is 66.6 Å². The zero-order chi connectivity index (χ0) is 23.7. The van der Waals surface area contributed by atoms with Gasteiger partial charge in [-0.2, -0.15) is 5.26 Å². The second-order valence-corrected chi connectivity index (χ2v) is 8.65. The second kappa shape index (κ2) is 8.88. The number of piperazine rings is 1. The van der Waals surface area contributed by atoms with Crippen LogP contribution in [0.25, 0.3) is 22.9 Å². The van der Waals surface area contributed by atoms with Gasteiger partial charge in [-0.25, -0.2) is 4.98 Å². The number of pyridine rings is 1. The number of nitrogens with two attached hydrogens (primary N) is 3. The van der Waals surface area contributed by atoms with Crippen LogP contribution in [0.5, 0.6) is 0 Å². The van der Waals surface area contributed by atoms with Crippen molar-refractivity contribution in [2.75, 3.05) is 49.6 Å². The van der Waals surface area contributed by atoms with Gasteiger partial charge in [-0.05, 0) is 61.9 Å². The standard InChI is InChI=1S/C25H30N8/c1-15-8-17(9-16(2)23(15)33-6-4-32(3)5-7-33)22(27)11-20-21(14-31-25(20)29)19-10-18(12-26)24(28)30-13-19/h8-11,13-14,31H,4-7,27,29H2,1-3H3,(H2,28,30)/b22-11-. The highest BCUT2D eigenvalue weighted by Crippen LogP contribution is 2.33. The first-order chi connectivity index (χ1) is 15.8. The number of benzene rings is 1. The fourth-order valence-electron chi connectivity index (χ4n) is 4.45. The quantitative estimate of drug-likeness (QED) is 0.487. The van der Waals surface area contributed by atoms with Gasteiger partial charge in [0.15, 0.2) is 0 Å². The summed E-state index contributed by atoms with van der Waals surface area (Å²) in [4.78, 5) is 12.0. The molecule has 0 amide bonds. The number of anilines is 3. The van der Waals surface area contributed by atoms with Crippen molar-refractivity contribution < 1.29 is 0 Å². The largest absolute Gasteiger partial charge is 0.398 e. The molecule has 0 saturated carbocycles. The molecule has 33 heavy (non-hydrogen) atoms. The molecule has 1 aromatic carbocycles. The molecule has 2 aromatic heterocycles. The number of H-pyrrole nitrogens is 1. The maximum Gasteiger partial charge on any atom is 0.141 e. The molecule has 170 valence electrons. The van der Waals surface area contributed by atoms with Gasteiger partial charge in [-0.3, -0.25) is 0 Å². The number of nitrogens with zero attached hydrogens (tertiary/aromatic N) is 4. The molecular formula is C25H30N8. The third-order valence-electron chi connectivity index (χ3n) is 6.25. The molecule has 7 N–H and O–H groups in total. The van der Waals surface area contributed by atoms with Crippen LogP contribution in [0.3, 0.4) is 0 Å². The first-order valence-electron chi connectivity index (χ1n) is 10.9. The van der Waals surface area contributed by atoms with Gasteiger partial charge in [0.05, 0.1) is 5.56 Å². The van der Waals surface area contributed by atoms with Crippen LogP contribution >= 0.6 is 0 Å². The van der Waals surface area contributed by atoms with E-state index in [4.69, 9.17) is 17.2 Å². The number of aryl methyl sites for hydroxylation is 2. The van der Waals surface area contributed by atoms with Crippen molar-refractivity contribution in [3.63, 3.8) is 0 Å². The summed E-state index contributed by atoms with van der Waals surface area (Å²) in [6, 6.07) is 8.04. The lowest BCUT2D eigenvalue weighted by Gasteiger charge is -2.36. The van der Waals surface area contributed by atoms with Crippen LogP contribution in [0.15, 0.2) is 30.6 Å². The second-order valence-electron chi connectivity index (χ2n) is 8.65. The average molecular weight is 443 g/mol. The van der Waals surface area contributed by atoms with E-state index in [2.05, 4.69) is 58.9 Å². The number of hydrogen-bond acceptors (Lipinski definition) is 7. The Morgan fingerprint density at radius 3 is 2.42 bits per heavy atom. The van der Waals surface area contributed by atoms with E-state index in [1.807, 2.05) is 6.08 Å². The van der Waals surface area contributed by atoms with Crippen LogP contribution in [0.2, 0.25) is 0 Å². The lowest BCUT2D eigenvalue weighted by Crippen LogP contribution is -2.45. The molecule has 0 aliphatic carbocycles. The van der Waals surface area contributed by atoms with Gasteiger partial charge in [0.25, 0.3) is 0 Å². The summed E-state index contributed by atoms with van der Waals surface area (Å²) in [5.74, 6) is 0.693. The maximum atomic E-state index is 9.30. The van der Waals surface area contributed by atoms with E-state index in [-0.39, 0.29) is 5.82 Å². The number of rotatable bonds is 4. The number of hydrogen-bond donors (Lipinski definition) is 4. The van der Waals surface area contributed by atoms with Crippen LogP contribution in [0.4, 0.5) is 17.3 Å². The van der Waals surface area contributed by atoms with E-state index in [1.165, 1.54) is 16.8 Å². The van der Waals surface area contributed by atoms with Crippen LogP contribution in [-0.2, 0) is 0 Å². The Bertz CT molecular complexity index is 1230. The average Bonchev–Trinajstić information content (AvgIpc) is 3.15. The van der Waals surface area contributed by atoms with Crippen molar-refractivity contribution in [2.24, 2.45) is 5.73 Å². The van der Waals surface area contributed by atoms with E-state index in [9.17, 15) is 5.26 Å². The molecule has 0 bridgehead atoms. The molecule has 8 nitrogen and oxygen atoms in total. The lowest BCUT2D eigenvalue weighted by atomic mass is 9.98. The number of aromatic amines is 1. The summed E-state index contributed by atoms with van der Waals surface area (Å²) in [7, 11) is 2.16.